The Morgan fingerprint density at radius 3 is 3.00 bits per heavy atom. The predicted octanol–water partition coefficient (Wildman–Crippen LogP) is 2.41. The lowest BCUT2D eigenvalue weighted by Gasteiger charge is -2.25. The summed E-state index contributed by atoms with van der Waals surface area (Å²) in [6, 6.07) is 0. The second-order valence-electron chi connectivity index (χ2n) is 3.59. The molecule has 4 radical (unpaired) electrons. The van der Waals surface area contributed by atoms with Crippen molar-refractivity contribution in [1.82, 2.24) is 0 Å². The maximum atomic E-state index is 5.71. The average molecular weight is 176 g/mol. The van der Waals surface area contributed by atoms with E-state index in [0.29, 0.717) is 17.9 Å². The fourth-order valence-electron chi connectivity index (χ4n) is 2.13. The van der Waals surface area contributed by atoms with E-state index in [-0.39, 0.29) is 0 Å². The summed E-state index contributed by atoms with van der Waals surface area (Å²) >= 11 is 0. The van der Waals surface area contributed by atoms with E-state index in [1.165, 1.54) is 0 Å². The summed E-state index contributed by atoms with van der Waals surface area (Å²) in [5, 5.41) is 0. The number of fused-ring (bicyclic) bond motifs is 1. The minimum absolute atomic E-state index is 0.306. The first kappa shape index (κ1) is 9.26. The van der Waals surface area contributed by atoms with E-state index >= 15 is 0 Å². The highest BCUT2D eigenvalue weighted by Gasteiger charge is 2.32. The molecule has 0 heterocycles. The van der Waals surface area contributed by atoms with Crippen LogP contribution in [-0.2, 0) is 4.74 Å². The minimum atomic E-state index is 0.306. The monoisotopic (exact) mass is 176 g/mol. The van der Waals surface area contributed by atoms with Crippen LogP contribution in [-0.4, -0.2) is 12.7 Å². The zero-order valence-electron chi connectivity index (χ0n) is 8.02. The second kappa shape index (κ2) is 4.28. The summed E-state index contributed by atoms with van der Waals surface area (Å²) in [5.41, 5.74) is 0. The average Bonchev–Trinajstić information content (AvgIpc) is 2.52. The summed E-state index contributed by atoms with van der Waals surface area (Å²) in [6.45, 7) is 2.86. The van der Waals surface area contributed by atoms with E-state index in [4.69, 9.17) is 4.74 Å². The molecule has 0 bridgehead atoms. The van der Waals surface area contributed by atoms with Crippen LogP contribution in [0.15, 0.2) is 12.2 Å². The van der Waals surface area contributed by atoms with E-state index in [1.807, 2.05) is 0 Å². The zero-order valence-corrected chi connectivity index (χ0v) is 8.02. The van der Waals surface area contributed by atoms with E-state index in [2.05, 4.69) is 44.8 Å². The van der Waals surface area contributed by atoms with Crippen LogP contribution in [0.25, 0.3) is 0 Å². The summed E-state index contributed by atoms with van der Waals surface area (Å²) in [5.74, 6) is 1.22. The zero-order chi connectivity index (χ0) is 9.10. The predicted molar refractivity (Wildman–Crippen MR) is 53.4 cm³/mol. The lowest BCUT2D eigenvalue weighted by atomic mass is 9.89. The van der Waals surface area contributed by atoms with Crippen LogP contribution in [0.3, 0.4) is 0 Å². The molecule has 0 N–H and O–H groups in total. The molecule has 70 valence electrons. The molecule has 0 saturated heterocycles. The molecule has 0 spiro atoms. The van der Waals surface area contributed by atoms with Gasteiger partial charge in [0.25, 0.3) is 0 Å². The van der Waals surface area contributed by atoms with Crippen molar-refractivity contribution < 1.29 is 4.74 Å². The van der Waals surface area contributed by atoms with E-state index in [1.54, 1.807) is 0 Å². The molecule has 2 rings (SSSR count). The fraction of sp³-hybridized carbons (Fsp3) is 0.500. The number of rotatable bonds is 2. The lowest BCUT2D eigenvalue weighted by Crippen LogP contribution is -2.26. The summed E-state index contributed by atoms with van der Waals surface area (Å²) in [6.07, 6.45) is 14.7. The number of hydrogen-bond donors (Lipinski definition) is 0. The van der Waals surface area contributed by atoms with Gasteiger partial charge in [-0.05, 0) is 50.9 Å². The molecule has 2 aliphatic carbocycles. The van der Waals surface area contributed by atoms with Crippen molar-refractivity contribution in [1.29, 1.82) is 0 Å². The van der Waals surface area contributed by atoms with Crippen molar-refractivity contribution in [2.75, 3.05) is 6.61 Å². The molecule has 0 amide bonds. The molecule has 3 atom stereocenters. The van der Waals surface area contributed by atoms with Gasteiger partial charge in [-0.1, -0.05) is 12.2 Å². The van der Waals surface area contributed by atoms with Crippen molar-refractivity contribution in [3.63, 3.8) is 0 Å². The largest absolute Gasteiger partial charge is 0.378 e. The molecule has 1 heteroatoms. The standard InChI is InChI=1S/C12H16O/c1-2-13-12-9-4-3-6-10-7-5-8-11(10)12/h3-7,9-12H,2,8H2,1H3. The van der Waals surface area contributed by atoms with Crippen LogP contribution in [0.5, 0.6) is 0 Å². The van der Waals surface area contributed by atoms with Crippen LogP contribution in [0.1, 0.15) is 13.3 Å². The Morgan fingerprint density at radius 2 is 2.15 bits per heavy atom. The van der Waals surface area contributed by atoms with Gasteiger partial charge in [-0.25, -0.2) is 0 Å². The van der Waals surface area contributed by atoms with Gasteiger partial charge in [-0.3, -0.25) is 0 Å². The van der Waals surface area contributed by atoms with Crippen molar-refractivity contribution in [3.8, 4) is 0 Å². The first-order valence-electron chi connectivity index (χ1n) is 5.05. The van der Waals surface area contributed by atoms with Crippen LogP contribution >= 0.6 is 0 Å². The van der Waals surface area contributed by atoms with Crippen molar-refractivity contribution in [2.24, 2.45) is 11.8 Å². The Hall–Kier alpha value is -0.300. The third-order valence-corrected chi connectivity index (χ3v) is 2.79. The maximum Gasteiger partial charge on any atom is 0.0646 e. The summed E-state index contributed by atoms with van der Waals surface area (Å²) < 4.78 is 5.71. The highest BCUT2D eigenvalue weighted by molar-refractivity contribution is 5.22. The van der Waals surface area contributed by atoms with E-state index in [0.717, 1.165) is 13.0 Å². The molecule has 2 aliphatic rings. The molecular weight excluding hydrogens is 160 g/mol. The van der Waals surface area contributed by atoms with Gasteiger partial charge >= 0.3 is 0 Å². The third-order valence-electron chi connectivity index (χ3n) is 2.79. The van der Waals surface area contributed by atoms with Gasteiger partial charge in [-0.15, -0.1) is 0 Å². The first-order chi connectivity index (χ1) is 6.42. The van der Waals surface area contributed by atoms with E-state index < -0.39 is 0 Å². The molecule has 3 unspecified atom stereocenters. The lowest BCUT2D eigenvalue weighted by molar-refractivity contribution is 0.0400. The van der Waals surface area contributed by atoms with Crippen LogP contribution in [0.2, 0.25) is 0 Å². The Morgan fingerprint density at radius 1 is 1.31 bits per heavy atom. The molecule has 1 saturated carbocycles. The maximum absolute atomic E-state index is 5.71. The number of ether oxygens (including phenoxy) is 1. The van der Waals surface area contributed by atoms with Gasteiger partial charge in [0.05, 0.1) is 6.10 Å². The van der Waals surface area contributed by atoms with Gasteiger partial charge in [0, 0.05) is 6.61 Å². The van der Waals surface area contributed by atoms with Crippen molar-refractivity contribution in [3.05, 3.63) is 37.8 Å². The highest BCUT2D eigenvalue weighted by Crippen LogP contribution is 2.36. The molecule has 13 heavy (non-hydrogen) atoms. The topological polar surface area (TPSA) is 9.23 Å². The number of allylic oxidation sites excluding steroid dienone is 2. The van der Waals surface area contributed by atoms with Gasteiger partial charge < -0.3 is 4.74 Å². The Labute approximate surface area is 81.2 Å². The Bertz CT molecular complexity index is 186. The van der Waals surface area contributed by atoms with Gasteiger partial charge in [0.15, 0.2) is 0 Å². The normalized spacial score (nSPS) is 38.7. The Balaban J connectivity index is 2.00. The first-order valence-corrected chi connectivity index (χ1v) is 5.05. The van der Waals surface area contributed by atoms with Crippen molar-refractivity contribution >= 4 is 0 Å². The highest BCUT2D eigenvalue weighted by atomic mass is 16.5. The smallest absolute Gasteiger partial charge is 0.0646 e. The molecular formula is C12H16O. The van der Waals surface area contributed by atoms with Gasteiger partial charge in [0.1, 0.15) is 0 Å². The molecule has 0 aromatic heterocycles. The molecule has 1 fully saturated rings. The Kier molecular flexibility index (Phi) is 3.05. The summed E-state index contributed by atoms with van der Waals surface area (Å²) in [4.78, 5) is 0. The molecule has 1 nitrogen and oxygen atoms in total. The SMILES string of the molecule is CCOC1[CH][CH][CH][CH]C2C=CCC21. The van der Waals surface area contributed by atoms with Gasteiger partial charge in [0.2, 0.25) is 0 Å². The van der Waals surface area contributed by atoms with Crippen LogP contribution in [0, 0.1) is 37.5 Å². The third kappa shape index (κ3) is 1.96. The number of hydrogen-bond acceptors (Lipinski definition) is 1. The fourth-order valence-corrected chi connectivity index (χ4v) is 2.13. The van der Waals surface area contributed by atoms with Crippen molar-refractivity contribution in [2.45, 2.75) is 19.4 Å². The van der Waals surface area contributed by atoms with E-state index in [9.17, 15) is 0 Å². The van der Waals surface area contributed by atoms with Crippen LogP contribution < -0.4 is 0 Å². The van der Waals surface area contributed by atoms with Gasteiger partial charge in [-0.2, -0.15) is 0 Å². The van der Waals surface area contributed by atoms with Crippen LogP contribution in [0.4, 0.5) is 0 Å². The molecule has 0 aromatic carbocycles. The minimum Gasteiger partial charge on any atom is -0.378 e. The molecule has 0 aliphatic heterocycles. The molecule has 0 aromatic rings. The second-order valence-corrected chi connectivity index (χ2v) is 3.59. The summed E-state index contributed by atoms with van der Waals surface area (Å²) in [7, 11) is 0. The quantitative estimate of drug-likeness (QED) is 0.587.